The summed E-state index contributed by atoms with van der Waals surface area (Å²) in [6.07, 6.45) is -2.61. The molecule has 0 spiro atoms. The average Bonchev–Trinajstić information content (AvgIpc) is 2.23. The molecule has 0 fully saturated rings. The summed E-state index contributed by atoms with van der Waals surface area (Å²) in [4.78, 5) is 11.2. The Balaban J connectivity index is 3.01. The van der Waals surface area contributed by atoms with Crippen molar-refractivity contribution in [3.05, 3.63) is 33.8 Å². The molecule has 0 bridgehead atoms. The topological polar surface area (TPSA) is 66.8 Å². The van der Waals surface area contributed by atoms with E-state index in [0.29, 0.717) is 15.6 Å². The molecule has 2 N–H and O–H groups in total. The van der Waals surface area contributed by atoms with Crippen LogP contribution in [0.1, 0.15) is 25.5 Å². The fourth-order valence-corrected chi connectivity index (χ4v) is 1.88. The molecular formula is C12H14Cl2O4. The maximum absolute atomic E-state index is 11.2. The molecule has 3 unspecified atom stereocenters. The van der Waals surface area contributed by atoms with Gasteiger partial charge in [0.15, 0.2) is 6.10 Å². The zero-order valence-electron chi connectivity index (χ0n) is 9.93. The molecule has 1 aromatic rings. The Morgan fingerprint density at radius 2 is 1.72 bits per heavy atom. The first-order valence-electron chi connectivity index (χ1n) is 5.33. The summed E-state index contributed by atoms with van der Waals surface area (Å²) in [6.45, 7) is 3.11. The third kappa shape index (κ3) is 4.14. The van der Waals surface area contributed by atoms with Gasteiger partial charge in [-0.25, -0.2) is 4.79 Å². The van der Waals surface area contributed by atoms with E-state index in [4.69, 9.17) is 33.0 Å². The van der Waals surface area contributed by atoms with Gasteiger partial charge in [0.05, 0.1) is 12.2 Å². The zero-order chi connectivity index (χ0) is 13.9. The highest BCUT2D eigenvalue weighted by atomic mass is 35.5. The third-order valence-corrected chi connectivity index (χ3v) is 2.88. The largest absolute Gasteiger partial charge is 0.479 e. The molecule has 0 saturated heterocycles. The van der Waals surface area contributed by atoms with Gasteiger partial charge >= 0.3 is 5.97 Å². The van der Waals surface area contributed by atoms with Crippen LogP contribution in [-0.4, -0.2) is 28.4 Å². The van der Waals surface area contributed by atoms with Crippen LogP contribution in [-0.2, 0) is 9.53 Å². The fourth-order valence-electron chi connectivity index (χ4n) is 1.33. The van der Waals surface area contributed by atoms with Crippen molar-refractivity contribution in [3.8, 4) is 0 Å². The van der Waals surface area contributed by atoms with Gasteiger partial charge in [-0.3, -0.25) is 0 Å². The summed E-state index contributed by atoms with van der Waals surface area (Å²) >= 11 is 11.6. The monoisotopic (exact) mass is 292 g/mol. The number of aliphatic hydroxyl groups excluding tert-OH is 1. The second kappa shape index (κ2) is 6.38. The molecule has 4 nitrogen and oxygen atoms in total. The van der Waals surface area contributed by atoms with Gasteiger partial charge in [0, 0.05) is 10.0 Å². The lowest BCUT2D eigenvalue weighted by Gasteiger charge is -2.21. The summed E-state index contributed by atoms with van der Waals surface area (Å²) in [5, 5.41) is 19.1. The number of aliphatic carboxylic acids is 1. The number of rotatable bonds is 5. The Morgan fingerprint density at radius 1 is 1.22 bits per heavy atom. The average molecular weight is 293 g/mol. The maximum atomic E-state index is 11.2. The van der Waals surface area contributed by atoms with Crippen LogP contribution in [0.4, 0.5) is 0 Å². The molecule has 3 atom stereocenters. The van der Waals surface area contributed by atoms with Gasteiger partial charge in [-0.05, 0) is 37.6 Å². The molecule has 0 aromatic heterocycles. The number of aliphatic hydroxyl groups is 1. The van der Waals surface area contributed by atoms with Crippen LogP contribution in [0.25, 0.3) is 0 Å². The van der Waals surface area contributed by atoms with E-state index in [1.807, 2.05) is 0 Å². The Hall–Kier alpha value is -0.810. The van der Waals surface area contributed by atoms with E-state index in [0.717, 1.165) is 0 Å². The molecule has 0 aliphatic heterocycles. The van der Waals surface area contributed by atoms with Crippen molar-refractivity contribution >= 4 is 29.2 Å². The quantitative estimate of drug-likeness (QED) is 0.876. The first kappa shape index (κ1) is 15.2. The molecule has 0 saturated carbocycles. The third-order valence-electron chi connectivity index (χ3n) is 2.44. The van der Waals surface area contributed by atoms with Crippen LogP contribution in [0.2, 0.25) is 10.0 Å². The summed E-state index contributed by atoms with van der Waals surface area (Å²) in [5.41, 5.74) is 0.340. The van der Waals surface area contributed by atoms with Gasteiger partial charge in [-0.1, -0.05) is 23.2 Å². The molecule has 0 heterocycles. The first-order valence-corrected chi connectivity index (χ1v) is 6.09. The van der Waals surface area contributed by atoms with E-state index in [9.17, 15) is 9.90 Å². The lowest BCUT2D eigenvalue weighted by molar-refractivity contribution is -0.158. The Bertz CT molecular complexity index is 414. The van der Waals surface area contributed by atoms with Gasteiger partial charge in [0.2, 0.25) is 0 Å². The molecule has 0 aliphatic carbocycles. The molecule has 6 heteroatoms. The molecular weight excluding hydrogens is 279 g/mol. The van der Waals surface area contributed by atoms with E-state index in [2.05, 4.69) is 0 Å². The maximum Gasteiger partial charge on any atom is 0.337 e. The highest BCUT2D eigenvalue weighted by molar-refractivity contribution is 6.34. The van der Waals surface area contributed by atoms with Crippen molar-refractivity contribution < 1.29 is 19.7 Å². The number of benzene rings is 1. The van der Waals surface area contributed by atoms with E-state index in [1.54, 1.807) is 6.92 Å². The Morgan fingerprint density at radius 3 is 2.11 bits per heavy atom. The molecule has 1 aromatic carbocycles. The molecule has 0 aliphatic rings. The van der Waals surface area contributed by atoms with Gasteiger partial charge < -0.3 is 14.9 Å². The Labute approximate surface area is 115 Å². The predicted molar refractivity (Wildman–Crippen MR) is 69.1 cm³/mol. The van der Waals surface area contributed by atoms with Crippen LogP contribution in [0.3, 0.4) is 0 Å². The van der Waals surface area contributed by atoms with Crippen LogP contribution in [0.5, 0.6) is 0 Å². The zero-order valence-corrected chi connectivity index (χ0v) is 11.4. The summed E-state index contributed by atoms with van der Waals surface area (Å²) in [7, 11) is 0. The van der Waals surface area contributed by atoms with Crippen molar-refractivity contribution in [1.29, 1.82) is 0 Å². The number of ether oxygens (including phenoxy) is 1. The minimum absolute atomic E-state index is 0.331. The van der Waals surface area contributed by atoms with Crippen molar-refractivity contribution in [3.63, 3.8) is 0 Å². The highest BCUT2D eigenvalue weighted by Gasteiger charge is 2.25. The lowest BCUT2D eigenvalue weighted by atomic mass is 10.1. The van der Waals surface area contributed by atoms with Crippen molar-refractivity contribution in [2.75, 3.05) is 0 Å². The smallest absolute Gasteiger partial charge is 0.337 e. The second-order valence-corrected chi connectivity index (χ2v) is 4.88. The van der Waals surface area contributed by atoms with E-state index in [-0.39, 0.29) is 0 Å². The Kier molecular flexibility index (Phi) is 5.41. The normalized spacial score (nSPS) is 16.1. The second-order valence-electron chi connectivity index (χ2n) is 4.00. The minimum atomic E-state index is -1.22. The molecule has 0 radical (unpaired) electrons. The van der Waals surface area contributed by atoms with Crippen molar-refractivity contribution in [2.24, 2.45) is 0 Å². The van der Waals surface area contributed by atoms with Crippen LogP contribution >= 0.6 is 23.2 Å². The highest BCUT2D eigenvalue weighted by Crippen LogP contribution is 2.27. The van der Waals surface area contributed by atoms with Gasteiger partial charge in [0.25, 0.3) is 0 Å². The lowest BCUT2D eigenvalue weighted by Crippen LogP contribution is -2.28. The van der Waals surface area contributed by atoms with Crippen LogP contribution in [0.15, 0.2) is 18.2 Å². The van der Waals surface area contributed by atoms with E-state index >= 15 is 0 Å². The standard InChI is InChI=1S/C12H14Cl2O4/c1-6(15)7(2)18-11(12(16)17)8-3-9(13)5-10(14)4-8/h3-7,11,15H,1-2H3,(H,16,17). The first-order chi connectivity index (χ1) is 8.31. The van der Waals surface area contributed by atoms with Gasteiger partial charge in [-0.15, -0.1) is 0 Å². The molecule has 100 valence electrons. The van der Waals surface area contributed by atoms with E-state index in [1.165, 1.54) is 25.1 Å². The minimum Gasteiger partial charge on any atom is -0.479 e. The predicted octanol–water partition coefficient (Wildman–Crippen LogP) is 2.91. The summed E-state index contributed by atoms with van der Waals surface area (Å²) in [6, 6.07) is 4.45. The number of hydrogen-bond acceptors (Lipinski definition) is 3. The van der Waals surface area contributed by atoms with Crippen molar-refractivity contribution in [1.82, 2.24) is 0 Å². The van der Waals surface area contributed by atoms with Gasteiger partial charge in [-0.2, -0.15) is 0 Å². The van der Waals surface area contributed by atoms with E-state index < -0.39 is 24.3 Å². The molecule has 18 heavy (non-hydrogen) atoms. The summed E-state index contributed by atoms with van der Waals surface area (Å²) in [5.74, 6) is -1.17. The van der Waals surface area contributed by atoms with Crippen LogP contribution in [0, 0.1) is 0 Å². The van der Waals surface area contributed by atoms with Gasteiger partial charge in [0.1, 0.15) is 0 Å². The number of carbonyl (C=O) groups is 1. The SMILES string of the molecule is CC(O)C(C)OC(C(=O)O)c1cc(Cl)cc(Cl)c1. The summed E-state index contributed by atoms with van der Waals surface area (Å²) < 4.78 is 5.30. The fraction of sp³-hybridized carbons (Fsp3) is 0.417. The number of halogens is 2. The molecule has 0 amide bonds. The molecule has 1 rings (SSSR count). The number of carboxylic acids is 1. The van der Waals surface area contributed by atoms with Crippen molar-refractivity contribution in [2.45, 2.75) is 32.2 Å². The van der Waals surface area contributed by atoms with Crippen LogP contribution < -0.4 is 0 Å². The number of carboxylic acid groups (broad SMARTS) is 1. The number of hydrogen-bond donors (Lipinski definition) is 2.